The molecule has 1 aromatic rings. The number of ether oxygens (including phenoxy) is 2. The van der Waals surface area contributed by atoms with Crippen molar-refractivity contribution >= 4 is 5.91 Å². The lowest BCUT2D eigenvalue weighted by Crippen LogP contribution is -2.50. The van der Waals surface area contributed by atoms with Crippen LogP contribution in [0.4, 0.5) is 0 Å². The van der Waals surface area contributed by atoms with Gasteiger partial charge in [-0.15, -0.1) is 0 Å². The summed E-state index contributed by atoms with van der Waals surface area (Å²) in [6.07, 6.45) is 0. The zero-order valence-electron chi connectivity index (χ0n) is 12.0. The van der Waals surface area contributed by atoms with Gasteiger partial charge in [0, 0.05) is 6.04 Å². The predicted molar refractivity (Wildman–Crippen MR) is 76.6 cm³/mol. The Balaban J connectivity index is 1.75. The molecule has 3 N–H and O–H groups in total. The first-order valence-electron chi connectivity index (χ1n) is 6.83. The third-order valence-electron chi connectivity index (χ3n) is 3.68. The Morgan fingerprint density at radius 3 is 3.05 bits per heavy atom. The third kappa shape index (κ3) is 3.29. The summed E-state index contributed by atoms with van der Waals surface area (Å²) < 4.78 is 10.8. The molecule has 2 unspecified atom stereocenters. The van der Waals surface area contributed by atoms with Crippen LogP contribution in [0.15, 0.2) is 24.3 Å². The minimum absolute atomic E-state index is 0.0738. The number of aryl methyl sites for hydroxylation is 1. The van der Waals surface area contributed by atoms with Crippen LogP contribution in [0.1, 0.15) is 12.5 Å². The van der Waals surface area contributed by atoms with Gasteiger partial charge in [0.2, 0.25) is 5.91 Å². The summed E-state index contributed by atoms with van der Waals surface area (Å²) in [4.78, 5) is 12.1. The monoisotopic (exact) mass is 278 g/mol. The minimum atomic E-state index is -0.636. The molecule has 1 fully saturated rings. The van der Waals surface area contributed by atoms with Crippen LogP contribution >= 0.6 is 0 Å². The summed E-state index contributed by atoms with van der Waals surface area (Å²) in [7, 11) is 0. The summed E-state index contributed by atoms with van der Waals surface area (Å²) in [6, 6.07) is 7.57. The molecule has 0 aromatic heterocycles. The molecule has 2 rings (SSSR count). The Labute approximate surface area is 119 Å². The molecule has 0 aliphatic carbocycles. The van der Waals surface area contributed by atoms with Gasteiger partial charge >= 0.3 is 0 Å². The number of hydrogen-bond acceptors (Lipinski definition) is 4. The van der Waals surface area contributed by atoms with Gasteiger partial charge in [-0.1, -0.05) is 12.1 Å². The largest absolute Gasteiger partial charge is 0.492 e. The zero-order chi connectivity index (χ0) is 14.6. The van der Waals surface area contributed by atoms with Gasteiger partial charge in [-0.3, -0.25) is 4.79 Å². The second kappa shape index (κ2) is 6.24. The van der Waals surface area contributed by atoms with Crippen molar-refractivity contribution in [2.24, 2.45) is 11.1 Å². The summed E-state index contributed by atoms with van der Waals surface area (Å²) in [5.41, 5.74) is 6.42. The fourth-order valence-corrected chi connectivity index (χ4v) is 2.16. The lowest BCUT2D eigenvalue weighted by Gasteiger charge is -2.25. The molecule has 110 valence electrons. The molecule has 0 saturated carbocycles. The van der Waals surface area contributed by atoms with Crippen LogP contribution in [0.2, 0.25) is 0 Å². The Hall–Kier alpha value is -1.59. The number of amides is 1. The van der Waals surface area contributed by atoms with E-state index in [1.54, 1.807) is 0 Å². The average molecular weight is 278 g/mol. The van der Waals surface area contributed by atoms with Crippen molar-refractivity contribution in [1.29, 1.82) is 0 Å². The highest BCUT2D eigenvalue weighted by molar-refractivity contribution is 5.83. The van der Waals surface area contributed by atoms with Gasteiger partial charge in [0.15, 0.2) is 0 Å². The molecule has 1 aromatic carbocycles. The first-order chi connectivity index (χ1) is 9.52. The van der Waals surface area contributed by atoms with E-state index in [9.17, 15) is 4.79 Å². The Morgan fingerprint density at radius 1 is 1.60 bits per heavy atom. The molecule has 2 atom stereocenters. The van der Waals surface area contributed by atoms with E-state index in [1.807, 2.05) is 38.1 Å². The van der Waals surface area contributed by atoms with Gasteiger partial charge in [0.1, 0.15) is 12.4 Å². The SMILES string of the molecule is Cc1cccc(OCCNC(=O)C2(C)COCC2N)c1. The molecule has 20 heavy (non-hydrogen) atoms. The van der Waals surface area contributed by atoms with E-state index in [2.05, 4.69) is 5.32 Å². The summed E-state index contributed by atoms with van der Waals surface area (Å²) >= 11 is 0. The van der Waals surface area contributed by atoms with Crippen molar-refractivity contribution in [2.75, 3.05) is 26.4 Å². The Kier molecular flexibility index (Phi) is 4.62. The number of nitrogens with one attached hydrogen (secondary N) is 1. The van der Waals surface area contributed by atoms with E-state index in [0.717, 1.165) is 11.3 Å². The Morgan fingerprint density at radius 2 is 2.40 bits per heavy atom. The fraction of sp³-hybridized carbons (Fsp3) is 0.533. The number of rotatable bonds is 5. The first-order valence-corrected chi connectivity index (χ1v) is 6.83. The van der Waals surface area contributed by atoms with Gasteiger partial charge in [0.05, 0.1) is 25.2 Å². The highest BCUT2D eigenvalue weighted by Crippen LogP contribution is 2.26. The number of carbonyl (C=O) groups is 1. The van der Waals surface area contributed by atoms with E-state index in [1.165, 1.54) is 0 Å². The van der Waals surface area contributed by atoms with Crippen LogP contribution in [0.25, 0.3) is 0 Å². The maximum Gasteiger partial charge on any atom is 0.230 e. The number of benzene rings is 1. The quantitative estimate of drug-likeness (QED) is 0.783. The van der Waals surface area contributed by atoms with Crippen LogP contribution in [-0.4, -0.2) is 38.3 Å². The average Bonchev–Trinajstić information content (AvgIpc) is 2.76. The predicted octanol–water partition coefficient (Wildman–Crippen LogP) is 0.854. The topological polar surface area (TPSA) is 73.6 Å². The van der Waals surface area contributed by atoms with Crippen molar-refractivity contribution in [3.63, 3.8) is 0 Å². The van der Waals surface area contributed by atoms with Crippen molar-refractivity contribution in [3.8, 4) is 5.75 Å². The smallest absolute Gasteiger partial charge is 0.230 e. The van der Waals surface area contributed by atoms with E-state index in [0.29, 0.717) is 26.4 Å². The lowest BCUT2D eigenvalue weighted by atomic mass is 9.85. The molecule has 0 radical (unpaired) electrons. The summed E-state index contributed by atoms with van der Waals surface area (Å²) in [5, 5.41) is 2.86. The molecule has 1 aliphatic heterocycles. The fourth-order valence-electron chi connectivity index (χ4n) is 2.16. The van der Waals surface area contributed by atoms with Crippen LogP contribution in [0, 0.1) is 12.3 Å². The molecule has 5 nitrogen and oxygen atoms in total. The van der Waals surface area contributed by atoms with Gasteiger partial charge < -0.3 is 20.5 Å². The highest BCUT2D eigenvalue weighted by Gasteiger charge is 2.44. The van der Waals surface area contributed by atoms with E-state index < -0.39 is 5.41 Å². The van der Waals surface area contributed by atoms with Gasteiger partial charge in [-0.05, 0) is 31.5 Å². The van der Waals surface area contributed by atoms with Crippen LogP contribution in [-0.2, 0) is 9.53 Å². The van der Waals surface area contributed by atoms with Crippen LogP contribution in [0.3, 0.4) is 0 Å². The molecule has 1 heterocycles. The van der Waals surface area contributed by atoms with E-state index in [4.69, 9.17) is 15.2 Å². The van der Waals surface area contributed by atoms with Crippen molar-refractivity contribution in [3.05, 3.63) is 29.8 Å². The van der Waals surface area contributed by atoms with Crippen molar-refractivity contribution < 1.29 is 14.3 Å². The molecule has 1 amide bonds. The van der Waals surface area contributed by atoms with Gasteiger partial charge in [0.25, 0.3) is 0 Å². The molecule has 0 spiro atoms. The standard InChI is InChI=1S/C15H22N2O3/c1-11-4-3-5-12(8-11)20-7-6-17-14(18)15(2)10-19-9-13(15)16/h3-5,8,13H,6-7,9-10,16H2,1-2H3,(H,17,18). The molecule has 5 heteroatoms. The van der Waals surface area contributed by atoms with Crippen molar-refractivity contribution in [1.82, 2.24) is 5.32 Å². The minimum Gasteiger partial charge on any atom is -0.492 e. The maximum atomic E-state index is 12.1. The molecule has 1 saturated heterocycles. The number of hydrogen-bond donors (Lipinski definition) is 2. The molecule has 1 aliphatic rings. The zero-order valence-corrected chi connectivity index (χ0v) is 12.0. The Bertz CT molecular complexity index is 478. The maximum absolute atomic E-state index is 12.1. The van der Waals surface area contributed by atoms with Gasteiger partial charge in [-0.2, -0.15) is 0 Å². The normalized spacial score (nSPS) is 25.4. The van der Waals surface area contributed by atoms with Crippen LogP contribution < -0.4 is 15.8 Å². The second-order valence-corrected chi connectivity index (χ2v) is 5.46. The van der Waals surface area contributed by atoms with Crippen molar-refractivity contribution in [2.45, 2.75) is 19.9 Å². The summed E-state index contributed by atoms with van der Waals surface area (Å²) in [5.74, 6) is 0.738. The highest BCUT2D eigenvalue weighted by atomic mass is 16.5. The van der Waals surface area contributed by atoms with E-state index >= 15 is 0 Å². The molecular formula is C15H22N2O3. The first kappa shape index (κ1) is 14.8. The summed E-state index contributed by atoms with van der Waals surface area (Å²) in [6.45, 7) is 5.54. The number of nitrogens with two attached hydrogens (primary N) is 1. The third-order valence-corrected chi connectivity index (χ3v) is 3.68. The number of carbonyl (C=O) groups excluding carboxylic acids is 1. The molecular weight excluding hydrogens is 256 g/mol. The second-order valence-electron chi connectivity index (χ2n) is 5.46. The van der Waals surface area contributed by atoms with Gasteiger partial charge in [-0.25, -0.2) is 0 Å². The van der Waals surface area contributed by atoms with E-state index in [-0.39, 0.29) is 11.9 Å². The molecule has 0 bridgehead atoms. The van der Waals surface area contributed by atoms with Crippen LogP contribution in [0.5, 0.6) is 5.75 Å². The lowest BCUT2D eigenvalue weighted by molar-refractivity contribution is -0.130.